The third-order valence-corrected chi connectivity index (χ3v) is 24.9. The number of nitrogens with one attached hydrogen (secondary N) is 2. The summed E-state index contributed by atoms with van der Waals surface area (Å²) in [5, 5.41) is 15.7. The maximum absolute atomic E-state index is 13.3. The summed E-state index contributed by atoms with van der Waals surface area (Å²) >= 11 is 0. The van der Waals surface area contributed by atoms with E-state index in [1.165, 1.54) is 176 Å². The normalized spacial score (nSPS) is 11.9. The summed E-state index contributed by atoms with van der Waals surface area (Å²) in [4.78, 5) is 26.6. The van der Waals surface area contributed by atoms with Crippen LogP contribution in [0.4, 0.5) is 11.4 Å². The van der Waals surface area contributed by atoms with Gasteiger partial charge in [0.15, 0.2) is 11.5 Å². The van der Waals surface area contributed by atoms with Gasteiger partial charge in [-0.15, -0.1) is 0 Å². The van der Waals surface area contributed by atoms with Gasteiger partial charge in [-0.05, 0) is 227 Å². The Morgan fingerprint density at radius 2 is 0.536 bits per heavy atom. The lowest BCUT2D eigenvalue weighted by Crippen LogP contribution is -2.15. The first-order chi connectivity index (χ1) is 61.3. The molecule has 11 aromatic carbocycles. The van der Waals surface area contributed by atoms with Crippen LogP contribution >= 0.6 is 0 Å². The van der Waals surface area contributed by atoms with Gasteiger partial charge < -0.3 is 34.3 Å². The zero-order valence-electron chi connectivity index (χ0n) is 77.7. The second kappa shape index (κ2) is 52.7. The van der Waals surface area contributed by atoms with Gasteiger partial charge in [-0.3, -0.25) is 9.59 Å². The molecule has 9 nitrogen and oxygen atoms in total. The van der Waals surface area contributed by atoms with E-state index in [2.05, 4.69) is 261 Å². The lowest BCUT2D eigenvalue weighted by atomic mass is 9.86. The van der Waals surface area contributed by atoms with Gasteiger partial charge in [-0.25, -0.2) is 0 Å². The zero-order chi connectivity index (χ0) is 87.6. The highest BCUT2D eigenvalue weighted by Crippen LogP contribution is 2.49. The van der Waals surface area contributed by atoms with Crippen molar-refractivity contribution in [3.63, 3.8) is 0 Å². The molecule has 0 aliphatic carbocycles. The molecule has 0 aliphatic heterocycles. The minimum Gasteiger partial charge on any atom is -0.489 e. The zero-order valence-corrected chi connectivity index (χ0v) is 77.7. The highest BCUT2D eigenvalue weighted by Gasteiger charge is 2.26. The maximum atomic E-state index is 13.3. The van der Waals surface area contributed by atoms with Crippen LogP contribution in [0.1, 0.15) is 305 Å². The van der Waals surface area contributed by atoms with Crippen LogP contribution in [0.25, 0.3) is 87.6 Å². The fraction of sp³-hybridized carbons (Fsp3) is 0.448. The number of rotatable bonds is 58. The molecule has 2 atom stereocenters. The Hall–Kier alpha value is -10.1. The van der Waals surface area contributed by atoms with E-state index in [4.69, 9.17) is 23.7 Å². The molecule has 125 heavy (non-hydrogen) atoms. The van der Waals surface area contributed by atoms with Crippen molar-refractivity contribution < 1.29 is 33.3 Å². The van der Waals surface area contributed by atoms with E-state index < -0.39 is 0 Å². The van der Waals surface area contributed by atoms with Gasteiger partial charge in [0.25, 0.3) is 0 Å². The quantitative estimate of drug-likeness (QED) is 0.0222. The lowest BCUT2D eigenvalue weighted by Gasteiger charge is -2.23. The highest BCUT2D eigenvalue weighted by atomic mass is 16.5. The lowest BCUT2D eigenvalue weighted by molar-refractivity contribution is -0.117. The van der Waals surface area contributed by atoms with Gasteiger partial charge in [0.05, 0.1) is 19.8 Å². The summed E-state index contributed by atoms with van der Waals surface area (Å²) in [6.07, 6.45) is 46.4. The number of unbranched alkanes of at least 4 members (excludes halogenated alkanes) is 27. The van der Waals surface area contributed by atoms with E-state index in [1.54, 1.807) is 0 Å². The standard InChI is InChI=1S/C116H148N2O7/c1-10-13-16-19-22-25-28-31-34-45-78-121-114-94(84-124-98-74-66-92(67-75-98)112-104-58-41-37-54-100(104)110(101-55-38-42-59-105(101)112)90-62-70-96(71-63-90)117-108(119)81-88(8)52-48-50-86(4)5)83-95(115(122-79-46-35-32-29-26-23-20-17-14-11-2)116(114)123-80-47-36-33-30-27-24-21-18-15-12-3)85-125-99-76-68-93(69-77-99)113-106-60-43-39-56-102(106)111(103-57-40-44-61-107(103)113)91-64-72-97(73-65-91)118-109(120)82-89(9)53-49-51-87(6)7/h37-44,50-51,54-77,83,88-89H,10-36,45-49,52-53,78-82,84-85H2,1-9H3,(H,117,119)(H,118,120). The maximum Gasteiger partial charge on any atom is 0.224 e. The van der Waals surface area contributed by atoms with Crippen LogP contribution in [0, 0.1) is 11.8 Å². The van der Waals surface area contributed by atoms with Gasteiger partial charge in [-0.1, -0.05) is 377 Å². The molecule has 0 radical (unpaired) electrons. The molecule has 0 aromatic heterocycles. The number of allylic oxidation sites excluding steroid dienone is 4. The van der Waals surface area contributed by atoms with Crippen molar-refractivity contribution in [2.24, 2.45) is 11.8 Å². The summed E-state index contributed by atoms with van der Waals surface area (Å²) in [6.45, 7) is 21.8. The molecule has 2 N–H and O–H groups in total. The van der Waals surface area contributed by atoms with Crippen LogP contribution in [0.2, 0.25) is 0 Å². The number of anilines is 2. The number of fused-ring (bicyclic) bond motifs is 4. The van der Waals surface area contributed by atoms with Crippen molar-refractivity contribution >= 4 is 66.3 Å². The number of hydrogen-bond donors (Lipinski definition) is 2. The molecule has 11 rings (SSSR count). The first-order valence-corrected chi connectivity index (χ1v) is 48.8. The molecule has 664 valence electrons. The molecule has 2 unspecified atom stereocenters. The molecule has 0 spiro atoms. The second-order valence-corrected chi connectivity index (χ2v) is 36.2. The van der Waals surface area contributed by atoms with Crippen molar-refractivity contribution in [2.75, 3.05) is 30.5 Å². The Balaban J connectivity index is 0.904. The van der Waals surface area contributed by atoms with Crippen LogP contribution in [-0.4, -0.2) is 31.6 Å². The number of carbonyl (C=O) groups excluding carboxylic acids is 2. The van der Waals surface area contributed by atoms with E-state index in [0.29, 0.717) is 61.7 Å². The number of carbonyl (C=O) groups is 2. The summed E-state index contributed by atoms with van der Waals surface area (Å²) < 4.78 is 35.9. The predicted molar refractivity (Wildman–Crippen MR) is 534 cm³/mol. The molecule has 0 bridgehead atoms. The van der Waals surface area contributed by atoms with Crippen LogP contribution < -0.4 is 34.3 Å². The number of ether oxygens (including phenoxy) is 5. The number of benzene rings is 11. The van der Waals surface area contributed by atoms with Crippen molar-refractivity contribution in [3.05, 3.63) is 235 Å². The molecule has 9 heteroatoms. The first kappa shape index (κ1) is 95.5. The van der Waals surface area contributed by atoms with E-state index in [1.807, 2.05) is 24.3 Å². The van der Waals surface area contributed by atoms with Crippen molar-refractivity contribution in [2.45, 2.75) is 307 Å². The topological polar surface area (TPSA) is 104 Å². The Morgan fingerprint density at radius 3 is 0.792 bits per heavy atom. The average molecular weight is 1680 g/mol. The van der Waals surface area contributed by atoms with E-state index in [9.17, 15) is 9.59 Å². The summed E-state index contributed by atoms with van der Waals surface area (Å²) in [5.74, 6) is 4.21. The number of hydrogen-bond acceptors (Lipinski definition) is 7. The van der Waals surface area contributed by atoms with Gasteiger partial charge in [0.2, 0.25) is 17.6 Å². The second-order valence-electron chi connectivity index (χ2n) is 36.2. The third-order valence-electron chi connectivity index (χ3n) is 24.9. The Kier molecular flexibility index (Phi) is 40.3. The van der Waals surface area contributed by atoms with Crippen LogP contribution in [0.15, 0.2) is 223 Å². The molecule has 2 amide bonds. The molecule has 0 aliphatic rings. The fourth-order valence-corrected chi connectivity index (χ4v) is 18.0. The smallest absolute Gasteiger partial charge is 0.224 e. The minimum atomic E-state index is 0.0458. The Bertz CT molecular complexity index is 4720. The molecule has 0 heterocycles. The monoisotopic (exact) mass is 1680 g/mol. The van der Waals surface area contributed by atoms with Gasteiger partial charge >= 0.3 is 0 Å². The highest BCUT2D eigenvalue weighted by molar-refractivity contribution is 6.23. The Labute approximate surface area is 751 Å². The molecule has 0 saturated carbocycles. The number of amides is 2. The summed E-state index contributed by atoms with van der Waals surface area (Å²) in [7, 11) is 0. The van der Waals surface area contributed by atoms with Gasteiger partial charge in [0, 0.05) is 35.3 Å². The van der Waals surface area contributed by atoms with Crippen molar-refractivity contribution in [1.29, 1.82) is 0 Å². The van der Waals surface area contributed by atoms with E-state index in [-0.39, 0.29) is 25.0 Å². The third kappa shape index (κ3) is 29.8. The van der Waals surface area contributed by atoms with Crippen LogP contribution in [0.5, 0.6) is 28.7 Å². The molecule has 11 aromatic rings. The fourth-order valence-electron chi connectivity index (χ4n) is 18.0. The van der Waals surface area contributed by atoms with Crippen molar-refractivity contribution in [3.8, 4) is 73.3 Å². The van der Waals surface area contributed by atoms with Crippen molar-refractivity contribution in [1.82, 2.24) is 0 Å². The van der Waals surface area contributed by atoms with Gasteiger partial charge in [0.1, 0.15) is 24.7 Å². The van der Waals surface area contributed by atoms with E-state index in [0.717, 1.165) is 175 Å². The molecular weight excluding hydrogens is 1530 g/mol. The largest absolute Gasteiger partial charge is 0.489 e. The van der Waals surface area contributed by atoms with Crippen LogP contribution in [-0.2, 0) is 22.8 Å². The van der Waals surface area contributed by atoms with E-state index >= 15 is 0 Å². The van der Waals surface area contributed by atoms with Gasteiger partial charge in [-0.2, -0.15) is 0 Å². The molecule has 0 fully saturated rings. The average Bonchev–Trinajstić information content (AvgIpc) is 0.740. The minimum absolute atomic E-state index is 0.0458. The summed E-state index contributed by atoms with van der Waals surface area (Å²) in [6, 6.07) is 71.4. The predicted octanol–water partition coefficient (Wildman–Crippen LogP) is 34.4. The SMILES string of the molecule is CCCCCCCCCCCCOc1c(COc2ccc(-c3c4ccccc4c(-c4ccc(NC(=O)CC(C)CCC=C(C)C)cc4)c4ccccc34)cc2)cc(COc2ccc(-c3c4ccccc4c(-c4ccc(NC(=O)CC(C)CCC=C(C)C)cc4)c4ccccc34)cc2)c(OCCCCCCCCCCCC)c1OCCCCCCCCCCCC. The first-order valence-electron chi connectivity index (χ1n) is 48.8. The molecular formula is C116H148N2O7. The molecule has 0 saturated heterocycles. The Morgan fingerprint density at radius 1 is 0.296 bits per heavy atom. The van der Waals surface area contributed by atoms with Crippen LogP contribution in [0.3, 0.4) is 0 Å². The summed E-state index contributed by atoms with van der Waals surface area (Å²) in [5.41, 5.74) is 15.0.